The minimum absolute atomic E-state index is 0.204. The number of nitrogens with zero attached hydrogens (tertiary/aromatic N) is 4. The minimum atomic E-state index is -0.275. The highest BCUT2D eigenvalue weighted by Gasteiger charge is 2.31. The number of rotatable bonds is 4. The number of hydrogen-bond acceptors (Lipinski definition) is 4. The molecule has 4 rings (SSSR count). The number of benzene rings is 1. The summed E-state index contributed by atoms with van der Waals surface area (Å²) in [4.78, 5) is 15.1. The Labute approximate surface area is 148 Å². The molecule has 1 N–H and O–H groups in total. The molecule has 3 heterocycles. The van der Waals surface area contributed by atoms with Gasteiger partial charge in [-0.25, -0.2) is 0 Å². The Balaban J connectivity index is 1.54. The van der Waals surface area contributed by atoms with Crippen molar-refractivity contribution < 1.29 is 4.79 Å². The molecule has 2 aromatic rings. The van der Waals surface area contributed by atoms with Crippen molar-refractivity contribution in [3.8, 4) is 0 Å². The molecule has 1 saturated heterocycles. The smallest absolute Gasteiger partial charge is 0.244 e. The summed E-state index contributed by atoms with van der Waals surface area (Å²) in [5.74, 6) is 2.20. The lowest BCUT2D eigenvalue weighted by Crippen LogP contribution is -2.46. The second-order valence-electron chi connectivity index (χ2n) is 7.05. The second-order valence-corrected chi connectivity index (χ2v) is 7.05. The monoisotopic (exact) mass is 339 g/mol. The molecule has 6 nitrogen and oxygen atoms in total. The van der Waals surface area contributed by atoms with Gasteiger partial charge in [0.15, 0.2) is 0 Å². The first kappa shape index (κ1) is 16.3. The van der Waals surface area contributed by atoms with Crippen LogP contribution in [0.1, 0.15) is 42.5 Å². The predicted molar refractivity (Wildman–Crippen MR) is 95.0 cm³/mol. The van der Waals surface area contributed by atoms with Crippen molar-refractivity contribution in [3.63, 3.8) is 0 Å². The van der Waals surface area contributed by atoms with Crippen LogP contribution in [0.2, 0.25) is 0 Å². The second kappa shape index (κ2) is 6.96. The molecule has 2 aliphatic rings. The first-order chi connectivity index (χ1) is 12.2. The Kier molecular flexibility index (Phi) is 4.53. The maximum Gasteiger partial charge on any atom is 0.244 e. The summed E-state index contributed by atoms with van der Waals surface area (Å²) >= 11 is 0. The van der Waals surface area contributed by atoms with Crippen LogP contribution in [-0.2, 0) is 17.8 Å². The molecule has 0 radical (unpaired) electrons. The normalized spacial score (nSPS) is 21.2. The molecule has 132 valence electrons. The number of aryl methyl sites for hydroxylation is 2. The number of likely N-dealkylation sites (tertiary alicyclic amines) is 1. The molecule has 0 saturated carbocycles. The Bertz CT molecular complexity index is 736. The van der Waals surface area contributed by atoms with E-state index < -0.39 is 0 Å². The van der Waals surface area contributed by atoms with Crippen molar-refractivity contribution in [1.82, 2.24) is 25.0 Å². The van der Waals surface area contributed by atoms with Gasteiger partial charge in [-0.05, 0) is 31.7 Å². The highest BCUT2D eigenvalue weighted by Crippen LogP contribution is 2.23. The zero-order valence-electron chi connectivity index (χ0n) is 14.7. The van der Waals surface area contributed by atoms with E-state index in [0.29, 0.717) is 0 Å². The van der Waals surface area contributed by atoms with Crippen LogP contribution in [0.4, 0.5) is 0 Å². The van der Waals surface area contributed by atoms with Crippen LogP contribution in [0.5, 0.6) is 0 Å². The number of fused-ring (bicyclic) bond motifs is 1. The lowest BCUT2D eigenvalue weighted by molar-refractivity contribution is -0.132. The van der Waals surface area contributed by atoms with Crippen LogP contribution in [0.3, 0.4) is 0 Å². The Hall–Kier alpha value is -2.21. The van der Waals surface area contributed by atoms with E-state index in [0.717, 1.165) is 62.5 Å². The molecule has 0 unspecified atom stereocenters. The van der Waals surface area contributed by atoms with E-state index in [1.54, 1.807) is 0 Å². The molecule has 0 bridgehead atoms. The van der Waals surface area contributed by atoms with Crippen molar-refractivity contribution >= 4 is 5.91 Å². The van der Waals surface area contributed by atoms with E-state index in [1.807, 2.05) is 42.2 Å². The van der Waals surface area contributed by atoms with Crippen molar-refractivity contribution in [2.75, 3.05) is 13.1 Å². The fourth-order valence-electron chi connectivity index (χ4n) is 3.91. The minimum Gasteiger partial charge on any atom is -0.341 e. The van der Waals surface area contributed by atoms with Gasteiger partial charge in [0.1, 0.15) is 17.7 Å². The molecule has 1 fully saturated rings. The summed E-state index contributed by atoms with van der Waals surface area (Å²) in [5.41, 5.74) is 1.05. The highest BCUT2D eigenvalue weighted by atomic mass is 16.2. The SMILES string of the molecule is Cc1nnc2n1C[C@@H](N[C@@H](C(=O)N1CCCC1)c1ccccc1)CC2. The van der Waals surface area contributed by atoms with E-state index in [9.17, 15) is 4.79 Å². The largest absolute Gasteiger partial charge is 0.341 e. The summed E-state index contributed by atoms with van der Waals surface area (Å²) in [6, 6.07) is 10.1. The zero-order valence-corrected chi connectivity index (χ0v) is 14.7. The molecule has 1 aromatic heterocycles. The van der Waals surface area contributed by atoms with E-state index in [1.165, 1.54) is 0 Å². The maximum atomic E-state index is 13.1. The van der Waals surface area contributed by atoms with Crippen molar-refractivity contribution in [2.24, 2.45) is 0 Å². The quantitative estimate of drug-likeness (QED) is 0.923. The molecule has 1 amide bonds. The standard InChI is InChI=1S/C19H25N5O/c1-14-21-22-17-10-9-16(13-24(14)17)20-18(15-7-3-2-4-8-15)19(25)23-11-5-6-12-23/h2-4,7-8,16,18,20H,5-6,9-13H2,1H3/t16-,18+/m0/s1. The molecule has 0 spiro atoms. The number of aromatic nitrogens is 3. The molecular weight excluding hydrogens is 314 g/mol. The van der Waals surface area contributed by atoms with Gasteiger partial charge in [0, 0.05) is 32.1 Å². The van der Waals surface area contributed by atoms with Gasteiger partial charge in [-0.3, -0.25) is 10.1 Å². The van der Waals surface area contributed by atoms with Crippen molar-refractivity contribution in [2.45, 2.75) is 51.2 Å². The van der Waals surface area contributed by atoms with E-state index in [-0.39, 0.29) is 18.0 Å². The number of amides is 1. The van der Waals surface area contributed by atoms with Gasteiger partial charge in [-0.15, -0.1) is 10.2 Å². The molecule has 25 heavy (non-hydrogen) atoms. The zero-order chi connectivity index (χ0) is 17.2. The Morgan fingerprint density at radius 3 is 2.72 bits per heavy atom. The molecule has 0 aliphatic carbocycles. The van der Waals surface area contributed by atoms with Crippen molar-refractivity contribution in [3.05, 3.63) is 47.5 Å². The van der Waals surface area contributed by atoms with Gasteiger partial charge in [0.05, 0.1) is 0 Å². The highest BCUT2D eigenvalue weighted by molar-refractivity contribution is 5.83. The first-order valence-corrected chi connectivity index (χ1v) is 9.21. The van der Waals surface area contributed by atoms with Crippen LogP contribution < -0.4 is 5.32 Å². The molecule has 1 aromatic carbocycles. The third-order valence-electron chi connectivity index (χ3n) is 5.33. The molecular formula is C19H25N5O. The predicted octanol–water partition coefficient (Wildman–Crippen LogP) is 1.85. The van der Waals surface area contributed by atoms with Crippen LogP contribution in [-0.4, -0.2) is 44.7 Å². The van der Waals surface area contributed by atoms with Gasteiger partial charge < -0.3 is 9.47 Å². The number of carbonyl (C=O) groups excluding carboxylic acids is 1. The number of hydrogen-bond donors (Lipinski definition) is 1. The fourth-order valence-corrected chi connectivity index (χ4v) is 3.91. The fraction of sp³-hybridized carbons (Fsp3) is 0.526. The van der Waals surface area contributed by atoms with Gasteiger partial charge >= 0.3 is 0 Å². The summed E-state index contributed by atoms with van der Waals surface area (Å²) < 4.78 is 2.17. The van der Waals surface area contributed by atoms with Gasteiger partial charge in [0.25, 0.3) is 0 Å². The van der Waals surface area contributed by atoms with Crippen LogP contribution in [0.25, 0.3) is 0 Å². The lowest BCUT2D eigenvalue weighted by atomic mass is 10.0. The Morgan fingerprint density at radius 1 is 1.20 bits per heavy atom. The van der Waals surface area contributed by atoms with E-state index >= 15 is 0 Å². The van der Waals surface area contributed by atoms with E-state index in [2.05, 4.69) is 20.1 Å². The average molecular weight is 339 g/mol. The average Bonchev–Trinajstić information content (AvgIpc) is 3.30. The summed E-state index contributed by atoms with van der Waals surface area (Å²) in [6.07, 6.45) is 4.10. The van der Waals surface area contributed by atoms with E-state index in [4.69, 9.17) is 0 Å². The van der Waals surface area contributed by atoms with Crippen molar-refractivity contribution in [1.29, 1.82) is 0 Å². The van der Waals surface area contributed by atoms with Crippen LogP contribution in [0, 0.1) is 6.92 Å². The lowest BCUT2D eigenvalue weighted by Gasteiger charge is -2.31. The number of nitrogens with one attached hydrogen (secondary N) is 1. The third kappa shape index (κ3) is 3.31. The van der Waals surface area contributed by atoms with Gasteiger partial charge in [0.2, 0.25) is 5.91 Å². The van der Waals surface area contributed by atoms with Gasteiger partial charge in [-0.2, -0.15) is 0 Å². The van der Waals surface area contributed by atoms with Crippen LogP contribution >= 0.6 is 0 Å². The summed E-state index contributed by atoms with van der Waals surface area (Å²) in [6.45, 7) is 4.57. The topological polar surface area (TPSA) is 63.1 Å². The third-order valence-corrected chi connectivity index (χ3v) is 5.33. The van der Waals surface area contributed by atoms with Gasteiger partial charge in [-0.1, -0.05) is 30.3 Å². The maximum absolute atomic E-state index is 13.1. The summed E-state index contributed by atoms with van der Waals surface area (Å²) in [7, 11) is 0. The Morgan fingerprint density at radius 2 is 1.96 bits per heavy atom. The van der Waals surface area contributed by atoms with Crippen LogP contribution in [0.15, 0.2) is 30.3 Å². The number of carbonyl (C=O) groups is 1. The first-order valence-electron chi connectivity index (χ1n) is 9.21. The molecule has 2 aliphatic heterocycles. The summed E-state index contributed by atoms with van der Waals surface area (Å²) in [5, 5.41) is 12.1. The molecule has 6 heteroatoms. The molecule has 2 atom stereocenters.